The molecule has 2 aromatic heterocycles. The molecule has 0 aliphatic rings. The fourth-order valence-electron chi connectivity index (χ4n) is 1.34. The molecule has 65 valence electrons. The summed E-state index contributed by atoms with van der Waals surface area (Å²) in [4.78, 5) is 4.21. The van der Waals surface area contributed by atoms with Crippen LogP contribution in [0.1, 0.15) is 19.9 Å². The molecule has 2 aromatic rings. The number of pyridine rings is 1. The third kappa shape index (κ3) is 2.00. The van der Waals surface area contributed by atoms with Crippen molar-refractivity contribution >= 4 is 11.0 Å². The second kappa shape index (κ2) is 4.34. The average Bonchev–Trinajstić information content (AvgIpc) is 2.47. The van der Waals surface area contributed by atoms with Crippen molar-refractivity contribution < 1.29 is 32.7 Å². The number of rotatable bonds is 1. The second-order valence-electron chi connectivity index (χ2n) is 3.15. The van der Waals surface area contributed by atoms with Crippen LogP contribution in [0.15, 0.2) is 24.5 Å². The van der Waals surface area contributed by atoms with Gasteiger partial charge in [0.1, 0.15) is 0 Å². The number of hydrogen-bond acceptors (Lipinski definition) is 1. The predicted octanol–water partition coefficient (Wildman–Crippen LogP) is 2.41. The molecule has 0 aliphatic heterocycles. The van der Waals surface area contributed by atoms with Gasteiger partial charge in [0, 0.05) is 44.9 Å². The zero-order chi connectivity index (χ0) is 8.55. The number of hydrogen-bond donors (Lipinski definition) is 0. The summed E-state index contributed by atoms with van der Waals surface area (Å²) in [5.74, 6) is 0. The molecule has 0 saturated heterocycles. The van der Waals surface area contributed by atoms with Crippen molar-refractivity contribution in [3.05, 3.63) is 30.6 Å². The minimum Gasteiger partial charge on any atom is -0.438 e. The van der Waals surface area contributed by atoms with Gasteiger partial charge in [-0.1, -0.05) is 17.1 Å². The van der Waals surface area contributed by atoms with Crippen molar-refractivity contribution in [2.75, 3.05) is 0 Å². The number of fused-ring (bicyclic) bond motifs is 1. The molecule has 2 rings (SSSR count). The summed E-state index contributed by atoms with van der Waals surface area (Å²) in [6, 6.07) is 7.62. The average molecular weight is 248 g/mol. The van der Waals surface area contributed by atoms with E-state index < -0.39 is 0 Å². The second-order valence-corrected chi connectivity index (χ2v) is 3.15. The molecule has 0 amide bonds. The summed E-state index contributed by atoms with van der Waals surface area (Å²) in [5.41, 5.74) is 2.11. The van der Waals surface area contributed by atoms with Crippen LogP contribution in [0.5, 0.6) is 0 Å². The van der Waals surface area contributed by atoms with Crippen molar-refractivity contribution in [3.63, 3.8) is 0 Å². The molecular formula is C10H11N2Y-. The summed E-state index contributed by atoms with van der Waals surface area (Å²) in [6.07, 6.45) is 3.76. The minimum atomic E-state index is 0. The van der Waals surface area contributed by atoms with Gasteiger partial charge in [-0.2, -0.15) is 0 Å². The quantitative estimate of drug-likeness (QED) is 0.708. The van der Waals surface area contributed by atoms with Gasteiger partial charge < -0.3 is 4.57 Å². The summed E-state index contributed by atoms with van der Waals surface area (Å²) in [6.45, 7) is 4.31. The topological polar surface area (TPSA) is 17.8 Å². The molecule has 13 heavy (non-hydrogen) atoms. The van der Waals surface area contributed by atoms with Gasteiger partial charge in [-0.15, -0.1) is 12.3 Å². The van der Waals surface area contributed by atoms with Gasteiger partial charge in [-0.05, 0) is 13.8 Å². The van der Waals surface area contributed by atoms with Crippen LogP contribution in [0.25, 0.3) is 11.0 Å². The van der Waals surface area contributed by atoms with E-state index in [0.717, 1.165) is 11.0 Å². The Morgan fingerprint density at radius 3 is 2.92 bits per heavy atom. The van der Waals surface area contributed by atoms with E-state index in [1.165, 1.54) is 0 Å². The Morgan fingerprint density at radius 2 is 2.23 bits per heavy atom. The number of aromatic nitrogens is 2. The summed E-state index contributed by atoms with van der Waals surface area (Å²) in [5, 5.41) is 0. The van der Waals surface area contributed by atoms with Crippen molar-refractivity contribution in [3.8, 4) is 0 Å². The van der Waals surface area contributed by atoms with Crippen molar-refractivity contribution in [1.29, 1.82) is 0 Å². The maximum atomic E-state index is 4.21. The first-order valence-corrected chi connectivity index (χ1v) is 4.12. The Kier molecular flexibility index (Phi) is 3.63. The van der Waals surface area contributed by atoms with Crippen LogP contribution in [-0.4, -0.2) is 9.55 Å². The Bertz CT molecular complexity index is 392. The summed E-state index contributed by atoms with van der Waals surface area (Å²) in [7, 11) is 0. The van der Waals surface area contributed by atoms with E-state index in [2.05, 4.69) is 35.5 Å². The van der Waals surface area contributed by atoms with E-state index in [-0.39, 0.29) is 32.7 Å². The fraction of sp³-hybridized carbons (Fsp3) is 0.300. The van der Waals surface area contributed by atoms with E-state index >= 15 is 0 Å². The third-order valence-electron chi connectivity index (χ3n) is 1.96. The van der Waals surface area contributed by atoms with Gasteiger partial charge in [0.15, 0.2) is 0 Å². The Hall–Kier alpha value is -0.206. The van der Waals surface area contributed by atoms with Crippen LogP contribution in [-0.2, 0) is 32.7 Å². The van der Waals surface area contributed by atoms with E-state index in [0.29, 0.717) is 6.04 Å². The maximum absolute atomic E-state index is 4.21. The van der Waals surface area contributed by atoms with Gasteiger partial charge in [0.05, 0.1) is 0 Å². The van der Waals surface area contributed by atoms with Gasteiger partial charge in [0.2, 0.25) is 0 Å². The zero-order valence-electron chi connectivity index (χ0n) is 7.86. The van der Waals surface area contributed by atoms with Crippen LogP contribution in [0.3, 0.4) is 0 Å². The van der Waals surface area contributed by atoms with Crippen molar-refractivity contribution in [1.82, 2.24) is 9.55 Å². The van der Waals surface area contributed by atoms with E-state index in [1.807, 2.05) is 12.3 Å². The van der Waals surface area contributed by atoms with Gasteiger partial charge in [-0.3, -0.25) is 4.98 Å². The van der Waals surface area contributed by atoms with Gasteiger partial charge >= 0.3 is 0 Å². The first-order valence-electron chi connectivity index (χ1n) is 4.12. The molecule has 0 unspecified atom stereocenters. The maximum Gasteiger partial charge on any atom is 0.0224 e. The Labute approximate surface area is 103 Å². The molecule has 0 N–H and O–H groups in total. The molecular weight excluding hydrogens is 237 g/mol. The standard InChI is InChI=1S/C10H11N2.Y/c1-8(2)12-7-5-9-10(12)4-3-6-11-9;/h3-4,6-8H,1-2H3;/q-1;. The summed E-state index contributed by atoms with van der Waals surface area (Å²) < 4.78 is 2.17. The number of nitrogens with zero attached hydrogens (tertiary/aromatic N) is 2. The van der Waals surface area contributed by atoms with Crippen LogP contribution in [0.2, 0.25) is 0 Å². The SMILES string of the molecule is CC(C)n1c[c-]c2ncccc21.[Y]. The molecule has 3 heteroatoms. The van der Waals surface area contributed by atoms with Crippen molar-refractivity contribution in [2.24, 2.45) is 0 Å². The molecule has 0 bridgehead atoms. The Morgan fingerprint density at radius 1 is 1.46 bits per heavy atom. The van der Waals surface area contributed by atoms with Crippen LogP contribution in [0, 0.1) is 6.07 Å². The van der Waals surface area contributed by atoms with Crippen LogP contribution in [0.4, 0.5) is 0 Å². The van der Waals surface area contributed by atoms with Crippen LogP contribution < -0.4 is 0 Å². The molecule has 0 fully saturated rings. The van der Waals surface area contributed by atoms with E-state index in [4.69, 9.17) is 0 Å². The molecule has 2 nitrogen and oxygen atoms in total. The van der Waals surface area contributed by atoms with E-state index in [1.54, 1.807) is 6.20 Å². The van der Waals surface area contributed by atoms with E-state index in [9.17, 15) is 0 Å². The molecule has 0 spiro atoms. The molecule has 0 saturated carbocycles. The fourth-order valence-corrected chi connectivity index (χ4v) is 1.34. The van der Waals surface area contributed by atoms with Crippen LogP contribution >= 0.6 is 0 Å². The minimum absolute atomic E-state index is 0. The molecule has 0 aromatic carbocycles. The smallest absolute Gasteiger partial charge is 0.0224 e. The largest absolute Gasteiger partial charge is 0.438 e. The van der Waals surface area contributed by atoms with Gasteiger partial charge in [0.25, 0.3) is 0 Å². The van der Waals surface area contributed by atoms with Crippen molar-refractivity contribution in [2.45, 2.75) is 19.9 Å². The molecule has 1 radical (unpaired) electrons. The monoisotopic (exact) mass is 248 g/mol. The zero-order valence-corrected chi connectivity index (χ0v) is 10.7. The van der Waals surface area contributed by atoms with Gasteiger partial charge in [-0.25, -0.2) is 6.07 Å². The first kappa shape index (κ1) is 10.9. The predicted molar refractivity (Wildman–Crippen MR) is 49.0 cm³/mol. The Balaban J connectivity index is 0.000000845. The first-order chi connectivity index (χ1) is 5.79. The molecule has 0 aliphatic carbocycles. The molecule has 2 heterocycles. The third-order valence-corrected chi connectivity index (χ3v) is 1.96. The summed E-state index contributed by atoms with van der Waals surface area (Å²) >= 11 is 0. The molecule has 0 atom stereocenters. The normalized spacial score (nSPS) is 10.4.